The maximum atomic E-state index is 11.7. The van der Waals surface area contributed by atoms with E-state index in [1.54, 1.807) is 0 Å². The molecule has 3 nitrogen and oxygen atoms in total. The third kappa shape index (κ3) is 5.32. The van der Waals surface area contributed by atoms with Crippen LogP contribution in [0.25, 0.3) is 0 Å². The van der Waals surface area contributed by atoms with Crippen molar-refractivity contribution in [3.63, 3.8) is 0 Å². The van der Waals surface area contributed by atoms with Gasteiger partial charge in [-0.15, -0.1) is 0 Å². The zero-order valence-electron chi connectivity index (χ0n) is 11.3. The summed E-state index contributed by atoms with van der Waals surface area (Å²) in [5, 5.41) is 3.03. The van der Waals surface area contributed by atoms with Gasteiger partial charge in [0, 0.05) is 6.61 Å². The van der Waals surface area contributed by atoms with Crippen molar-refractivity contribution in [2.24, 2.45) is 0 Å². The van der Waals surface area contributed by atoms with E-state index < -0.39 is 0 Å². The molecule has 0 fully saturated rings. The van der Waals surface area contributed by atoms with Gasteiger partial charge in [0.1, 0.15) is 6.61 Å². The summed E-state index contributed by atoms with van der Waals surface area (Å²) < 4.78 is 5.25. The van der Waals surface area contributed by atoms with E-state index in [4.69, 9.17) is 4.74 Å². The molecular formula is C15H23NO2. The molecule has 1 N–H and O–H groups in total. The Bertz CT molecular complexity index is 338. The van der Waals surface area contributed by atoms with E-state index >= 15 is 0 Å². The van der Waals surface area contributed by atoms with Crippen LogP contribution in [0.3, 0.4) is 0 Å². The van der Waals surface area contributed by atoms with Crippen LogP contribution in [0.4, 0.5) is 0 Å². The predicted molar refractivity (Wildman–Crippen MR) is 73.3 cm³/mol. The van der Waals surface area contributed by atoms with Gasteiger partial charge in [0.2, 0.25) is 5.91 Å². The highest BCUT2D eigenvalue weighted by atomic mass is 16.5. The minimum Gasteiger partial charge on any atom is -0.372 e. The first-order valence-electron chi connectivity index (χ1n) is 6.70. The van der Waals surface area contributed by atoms with Crippen molar-refractivity contribution >= 4 is 5.91 Å². The molecule has 0 bridgehead atoms. The summed E-state index contributed by atoms with van der Waals surface area (Å²) in [5.41, 5.74) is 1.16. The number of benzene rings is 1. The van der Waals surface area contributed by atoms with Gasteiger partial charge in [-0.2, -0.15) is 0 Å². The van der Waals surface area contributed by atoms with Crippen LogP contribution in [0.1, 0.15) is 44.7 Å². The highest BCUT2D eigenvalue weighted by Gasteiger charge is 2.13. The first-order chi connectivity index (χ1) is 8.77. The standard InChI is InChI=1S/C15H23NO2/c1-3-8-14(13-9-6-5-7-10-13)16-15(17)12-18-11-4-2/h5-7,9-10,14H,3-4,8,11-12H2,1-2H3,(H,16,17). The Morgan fingerprint density at radius 2 is 1.94 bits per heavy atom. The fraction of sp³-hybridized carbons (Fsp3) is 0.533. The van der Waals surface area contributed by atoms with Crippen LogP contribution < -0.4 is 5.32 Å². The summed E-state index contributed by atoms with van der Waals surface area (Å²) in [7, 11) is 0. The molecule has 18 heavy (non-hydrogen) atoms. The molecular weight excluding hydrogens is 226 g/mol. The van der Waals surface area contributed by atoms with Crippen molar-refractivity contribution in [2.75, 3.05) is 13.2 Å². The number of nitrogens with one attached hydrogen (secondary N) is 1. The van der Waals surface area contributed by atoms with Gasteiger partial charge in [-0.25, -0.2) is 0 Å². The van der Waals surface area contributed by atoms with Gasteiger partial charge in [-0.1, -0.05) is 50.6 Å². The van der Waals surface area contributed by atoms with Crippen molar-refractivity contribution in [3.8, 4) is 0 Å². The van der Waals surface area contributed by atoms with Gasteiger partial charge in [-0.05, 0) is 18.4 Å². The molecule has 0 radical (unpaired) electrons. The molecule has 1 amide bonds. The van der Waals surface area contributed by atoms with Gasteiger partial charge >= 0.3 is 0 Å². The first-order valence-corrected chi connectivity index (χ1v) is 6.70. The lowest BCUT2D eigenvalue weighted by Gasteiger charge is -2.18. The van der Waals surface area contributed by atoms with Gasteiger partial charge in [0.15, 0.2) is 0 Å². The minimum atomic E-state index is -0.0363. The Kier molecular flexibility index (Phi) is 7.11. The fourth-order valence-electron chi connectivity index (χ4n) is 1.84. The number of hydrogen-bond acceptors (Lipinski definition) is 2. The summed E-state index contributed by atoms with van der Waals surface area (Å²) in [4.78, 5) is 11.7. The lowest BCUT2D eigenvalue weighted by molar-refractivity contribution is -0.126. The largest absolute Gasteiger partial charge is 0.372 e. The molecule has 0 aliphatic heterocycles. The third-order valence-electron chi connectivity index (χ3n) is 2.70. The zero-order valence-corrected chi connectivity index (χ0v) is 11.3. The summed E-state index contributed by atoms with van der Waals surface area (Å²) in [6.07, 6.45) is 2.92. The van der Waals surface area contributed by atoms with Crippen molar-refractivity contribution in [2.45, 2.75) is 39.2 Å². The smallest absolute Gasteiger partial charge is 0.246 e. The molecule has 3 heteroatoms. The van der Waals surface area contributed by atoms with Crippen LogP contribution in [0.5, 0.6) is 0 Å². The molecule has 0 aliphatic carbocycles. The fourth-order valence-corrected chi connectivity index (χ4v) is 1.84. The lowest BCUT2D eigenvalue weighted by atomic mass is 10.0. The molecule has 1 atom stereocenters. The van der Waals surface area contributed by atoms with E-state index in [9.17, 15) is 4.79 Å². The average Bonchev–Trinajstić information content (AvgIpc) is 2.39. The van der Waals surface area contributed by atoms with Crippen molar-refractivity contribution < 1.29 is 9.53 Å². The topological polar surface area (TPSA) is 38.3 Å². The van der Waals surface area contributed by atoms with Crippen LogP contribution in [0.15, 0.2) is 30.3 Å². The second-order valence-corrected chi connectivity index (χ2v) is 4.37. The molecule has 0 aromatic heterocycles. The van der Waals surface area contributed by atoms with Crippen LogP contribution in [-0.2, 0) is 9.53 Å². The number of hydrogen-bond donors (Lipinski definition) is 1. The van der Waals surface area contributed by atoms with Gasteiger partial charge < -0.3 is 10.1 Å². The molecule has 1 aromatic carbocycles. The van der Waals surface area contributed by atoms with Crippen molar-refractivity contribution in [3.05, 3.63) is 35.9 Å². The van der Waals surface area contributed by atoms with E-state index in [-0.39, 0.29) is 18.6 Å². The van der Waals surface area contributed by atoms with E-state index in [2.05, 4.69) is 12.2 Å². The molecule has 0 saturated heterocycles. The Morgan fingerprint density at radius 1 is 1.22 bits per heavy atom. The highest BCUT2D eigenvalue weighted by molar-refractivity contribution is 5.77. The van der Waals surface area contributed by atoms with Crippen LogP contribution in [-0.4, -0.2) is 19.1 Å². The van der Waals surface area contributed by atoms with E-state index in [1.807, 2.05) is 37.3 Å². The van der Waals surface area contributed by atoms with Gasteiger partial charge in [-0.3, -0.25) is 4.79 Å². The summed E-state index contributed by atoms with van der Waals surface area (Å²) in [5.74, 6) is -0.0363. The normalized spacial score (nSPS) is 12.1. The zero-order chi connectivity index (χ0) is 13.2. The summed E-state index contributed by atoms with van der Waals surface area (Å²) >= 11 is 0. The summed E-state index contributed by atoms with van der Waals surface area (Å²) in [6, 6.07) is 10.2. The molecule has 1 rings (SSSR count). The molecule has 0 saturated carbocycles. The maximum Gasteiger partial charge on any atom is 0.246 e. The highest BCUT2D eigenvalue weighted by Crippen LogP contribution is 2.17. The molecule has 100 valence electrons. The third-order valence-corrected chi connectivity index (χ3v) is 2.70. The molecule has 1 unspecified atom stereocenters. The lowest BCUT2D eigenvalue weighted by Crippen LogP contribution is -2.31. The summed E-state index contributed by atoms with van der Waals surface area (Å²) in [6.45, 7) is 4.94. The van der Waals surface area contributed by atoms with Gasteiger partial charge in [0.05, 0.1) is 6.04 Å². The number of carbonyl (C=O) groups excluding carboxylic acids is 1. The monoisotopic (exact) mass is 249 g/mol. The number of ether oxygens (including phenoxy) is 1. The Labute approximate surface area is 110 Å². The molecule has 0 heterocycles. The van der Waals surface area contributed by atoms with Crippen LogP contribution in [0, 0.1) is 0 Å². The Balaban J connectivity index is 2.50. The van der Waals surface area contributed by atoms with E-state index in [0.717, 1.165) is 24.8 Å². The average molecular weight is 249 g/mol. The predicted octanol–water partition coefficient (Wildman–Crippen LogP) is 3.07. The number of rotatable bonds is 8. The quantitative estimate of drug-likeness (QED) is 0.719. The Hall–Kier alpha value is -1.35. The van der Waals surface area contributed by atoms with Crippen LogP contribution in [0.2, 0.25) is 0 Å². The number of carbonyl (C=O) groups is 1. The van der Waals surface area contributed by atoms with Crippen LogP contribution >= 0.6 is 0 Å². The second kappa shape index (κ2) is 8.70. The van der Waals surface area contributed by atoms with Gasteiger partial charge in [0.25, 0.3) is 0 Å². The van der Waals surface area contributed by atoms with Crippen molar-refractivity contribution in [1.82, 2.24) is 5.32 Å². The second-order valence-electron chi connectivity index (χ2n) is 4.37. The minimum absolute atomic E-state index is 0.0363. The molecule has 0 spiro atoms. The SMILES string of the molecule is CCCOCC(=O)NC(CCC)c1ccccc1. The van der Waals surface area contributed by atoms with E-state index in [1.165, 1.54) is 0 Å². The first kappa shape index (κ1) is 14.7. The maximum absolute atomic E-state index is 11.7. The molecule has 1 aromatic rings. The number of amides is 1. The van der Waals surface area contributed by atoms with Crippen molar-refractivity contribution in [1.29, 1.82) is 0 Å². The van der Waals surface area contributed by atoms with E-state index in [0.29, 0.717) is 6.61 Å². The molecule has 0 aliphatic rings. The Morgan fingerprint density at radius 3 is 2.56 bits per heavy atom.